The molecule has 2 aromatic rings. The van der Waals surface area contributed by atoms with Gasteiger partial charge in [-0.2, -0.15) is 0 Å². The van der Waals surface area contributed by atoms with Crippen LogP contribution in [0.15, 0.2) is 24.3 Å². The van der Waals surface area contributed by atoms with Gasteiger partial charge in [0.05, 0.1) is 5.56 Å². The van der Waals surface area contributed by atoms with Gasteiger partial charge in [-0.05, 0) is 51.0 Å². The number of pyridine rings is 1. The first-order valence-corrected chi connectivity index (χ1v) is 8.54. The Bertz CT molecular complexity index is 889. The van der Waals surface area contributed by atoms with Crippen LogP contribution in [0.1, 0.15) is 32.7 Å². The van der Waals surface area contributed by atoms with Crippen LogP contribution in [0.3, 0.4) is 0 Å². The van der Waals surface area contributed by atoms with E-state index in [2.05, 4.69) is 15.6 Å². The molecule has 142 valence electrons. The maximum atomic E-state index is 12.1. The Morgan fingerprint density at radius 1 is 1.07 bits per heavy atom. The molecular weight excluding hydrogens is 370 g/mol. The number of hydrogen-bond donors (Lipinski definition) is 2. The number of ether oxygens (including phenoxy) is 1. The van der Waals surface area contributed by atoms with Gasteiger partial charge < -0.3 is 10.1 Å². The molecule has 1 aromatic heterocycles. The molecule has 0 fully saturated rings. The summed E-state index contributed by atoms with van der Waals surface area (Å²) < 4.78 is 4.93. The number of carbonyl (C=O) groups excluding carboxylic acids is 3. The minimum absolute atomic E-state index is 0.00509. The van der Waals surface area contributed by atoms with Gasteiger partial charge in [0.15, 0.2) is 6.61 Å². The summed E-state index contributed by atoms with van der Waals surface area (Å²) in [5.74, 6) is -1.55. The normalized spacial score (nSPS) is 10.3. The van der Waals surface area contributed by atoms with Gasteiger partial charge in [0.1, 0.15) is 5.15 Å². The molecule has 0 aliphatic rings. The van der Waals surface area contributed by atoms with Crippen LogP contribution in [-0.4, -0.2) is 29.5 Å². The van der Waals surface area contributed by atoms with E-state index in [0.29, 0.717) is 16.9 Å². The molecule has 3 amide bonds. The molecule has 2 rings (SSSR count). The number of carbonyl (C=O) groups is 3. The Morgan fingerprint density at radius 3 is 2.41 bits per heavy atom. The Morgan fingerprint density at radius 2 is 1.78 bits per heavy atom. The monoisotopic (exact) mass is 389 g/mol. The number of aromatic nitrogens is 1. The van der Waals surface area contributed by atoms with Crippen LogP contribution < -0.4 is 10.6 Å². The lowest BCUT2D eigenvalue weighted by atomic mass is 10.1. The van der Waals surface area contributed by atoms with Gasteiger partial charge in [-0.3, -0.25) is 10.1 Å². The van der Waals surface area contributed by atoms with E-state index >= 15 is 0 Å². The second kappa shape index (κ2) is 8.64. The van der Waals surface area contributed by atoms with Gasteiger partial charge in [0.2, 0.25) is 0 Å². The zero-order valence-electron chi connectivity index (χ0n) is 15.5. The van der Waals surface area contributed by atoms with Gasteiger partial charge in [0, 0.05) is 11.4 Å². The molecule has 0 atom stereocenters. The topological polar surface area (TPSA) is 97.4 Å². The first kappa shape index (κ1) is 20.4. The quantitative estimate of drug-likeness (QED) is 0.616. The van der Waals surface area contributed by atoms with Crippen molar-refractivity contribution in [2.75, 3.05) is 11.9 Å². The number of amides is 3. The molecule has 1 heterocycles. The lowest BCUT2D eigenvalue weighted by Gasteiger charge is -2.11. The molecule has 0 aliphatic carbocycles. The number of nitrogens with zero attached hydrogens (tertiary/aromatic N) is 1. The minimum atomic E-state index is -0.782. The Kier molecular flexibility index (Phi) is 6.52. The molecule has 27 heavy (non-hydrogen) atoms. The molecule has 2 N–H and O–H groups in total. The standard InChI is InChI=1S/C19H20ClN3O4/c1-10-5-6-14(11(2)7-10)22-19(26)23-15(24)9-27-18(25)16-12(3)8-13(4)21-17(16)20/h5-8H,9H2,1-4H3,(H2,22,23,24,26). The summed E-state index contributed by atoms with van der Waals surface area (Å²) in [5.41, 5.74) is 3.84. The third-order valence-electron chi connectivity index (χ3n) is 3.72. The first-order chi connectivity index (χ1) is 12.7. The van der Waals surface area contributed by atoms with Crippen molar-refractivity contribution in [2.24, 2.45) is 0 Å². The van der Waals surface area contributed by atoms with E-state index in [1.165, 1.54) is 0 Å². The van der Waals surface area contributed by atoms with E-state index in [4.69, 9.17) is 16.3 Å². The molecule has 1 aromatic carbocycles. The second-order valence-electron chi connectivity index (χ2n) is 6.14. The van der Waals surface area contributed by atoms with E-state index in [1.807, 2.05) is 26.0 Å². The summed E-state index contributed by atoms with van der Waals surface area (Å²) in [7, 11) is 0. The van der Waals surface area contributed by atoms with Crippen molar-refractivity contribution in [3.05, 3.63) is 57.4 Å². The van der Waals surface area contributed by atoms with E-state index < -0.39 is 24.5 Å². The van der Waals surface area contributed by atoms with Gasteiger partial charge in [-0.1, -0.05) is 29.3 Å². The summed E-state index contributed by atoms with van der Waals surface area (Å²) in [6, 6.07) is 6.45. The van der Waals surface area contributed by atoms with Crippen molar-refractivity contribution in [2.45, 2.75) is 27.7 Å². The van der Waals surface area contributed by atoms with Crippen LogP contribution >= 0.6 is 11.6 Å². The van der Waals surface area contributed by atoms with Crippen LogP contribution in [0, 0.1) is 27.7 Å². The van der Waals surface area contributed by atoms with E-state index in [-0.39, 0.29) is 10.7 Å². The number of aryl methyl sites for hydroxylation is 4. The lowest BCUT2D eigenvalue weighted by molar-refractivity contribution is -0.123. The Labute approximate surface area is 162 Å². The predicted molar refractivity (Wildman–Crippen MR) is 102 cm³/mol. The number of benzene rings is 1. The van der Waals surface area contributed by atoms with Gasteiger partial charge >= 0.3 is 12.0 Å². The highest BCUT2D eigenvalue weighted by molar-refractivity contribution is 6.32. The van der Waals surface area contributed by atoms with E-state index in [0.717, 1.165) is 11.1 Å². The zero-order chi connectivity index (χ0) is 20.1. The van der Waals surface area contributed by atoms with Crippen LogP contribution in [0.5, 0.6) is 0 Å². The summed E-state index contributed by atoms with van der Waals surface area (Å²) in [5, 5.41) is 4.68. The van der Waals surface area contributed by atoms with Crippen molar-refractivity contribution in [3.63, 3.8) is 0 Å². The van der Waals surface area contributed by atoms with E-state index in [1.54, 1.807) is 26.0 Å². The molecule has 8 heteroatoms. The van der Waals surface area contributed by atoms with Crippen LogP contribution in [-0.2, 0) is 9.53 Å². The molecule has 0 saturated heterocycles. The van der Waals surface area contributed by atoms with Crippen molar-refractivity contribution >= 4 is 35.2 Å². The highest BCUT2D eigenvalue weighted by atomic mass is 35.5. The van der Waals surface area contributed by atoms with Gasteiger partial charge in [-0.25, -0.2) is 14.6 Å². The first-order valence-electron chi connectivity index (χ1n) is 8.16. The maximum absolute atomic E-state index is 12.1. The smallest absolute Gasteiger partial charge is 0.342 e. The molecule has 0 saturated carbocycles. The van der Waals surface area contributed by atoms with Crippen LogP contribution in [0.25, 0.3) is 0 Å². The van der Waals surface area contributed by atoms with Gasteiger partial charge in [-0.15, -0.1) is 0 Å². The molecule has 0 aliphatic heterocycles. The maximum Gasteiger partial charge on any atom is 0.342 e. The van der Waals surface area contributed by atoms with Crippen LogP contribution in [0.2, 0.25) is 5.15 Å². The number of esters is 1. The zero-order valence-corrected chi connectivity index (χ0v) is 16.2. The summed E-state index contributed by atoms with van der Waals surface area (Å²) in [6.45, 7) is 6.59. The Hall–Kier alpha value is -2.93. The SMILES string of the molecule is Cc1ccc(NC(=O)NC(=O)COC(=O)c2c(C)cc(C)nc2Cl)c(C)c1. The highest BCUT2D eigenvalue weighted by Crippen LogP contribution is 2.19. The minimum Gasteiger partial charge on any atom is -0.452 e. The van der Waals surface area contributed by atoms with Gasteiger partial charge in [0.25, 0.3) is 5.91 Å². The molecule has 0 unspecified atom stereocenters. The lowest BCUT2D eigenvalue weighted by Crippen LogP contribution is -2.37. The predicted octanol–water partition coefficient (Wildman–Crippen LogP) is 3.47. The molecular formula is C19H20ClN3O4. The van der Waals surface area contributed by atoms with E-state index in [9.17, 15) is 14.4 Å². The van der Waals surface area contributed by atoms with Crippen molar-refractivity contribution in [3.8, 4) is 0 Å². The largest absolute Gasteiger partial charge is 0.452 e. The number of urea groups is 1. The van der Waals surface area contributed by atoms with Crippen molar-refractivity contribution in [1.29, 1.82) is 0 Å². The molecule has 0 radical (unpaired) electrons. The average molecular weight is 390 g/mol. The summed E-state index contributed by atoms with van der Waals surface area (Å²) >= 11 is 5.97. The fraction of sp³-hybridized carbons (Fsp3) is 0.263. The number of anilines is 1. The van der Waals surface area contributed by atoms with Crippen LogP contribution in [0.4, 0.5) is 10.5 Å². The fourth-order valence-electron chi connectivity index (χ4n) is 2.51. The van der Waals surface area contributed by atoms with Crippen molar-refractivity contribution in [1.82, 2.24) is 10.3 Å². The second-order valence-corrected chi connectivity index (χ2v) is 6.50. The van der Waals surface area contributed by atoms with Crippen molar-refractivity contribution < 1.29 is 19.1 Å². The summed E-state index contributed by atoms with van der Waals surface area (Å²) in [6.07, 6.45) is 0. The molecule has 0 spiro atoms. The third-order valence-corrected chi connectivity index (χ3v) is 4.00. The number of halogens is 1. The number of nitrogens with one attached hydrogen (secondary N) is 2. The Balaban J connectivity index is 1.90. The fourth-order valence-corrected chi connectivity index (χ4v) is 2.87. The molecule has 7 nitrogen and oxygen atoms in total. The average Bonchev–Trinajstić information content (AvgIpc) is 2.54. The third kappa shape index (κ3) is 5.52. The number of rotatable bonds is 4. The summed E-state index contributed by atoms with van der Waals surface area (Å²) in [4.78, 5) is 39.9. The highest BCUT2D eigenvalue weighted by Gasteiger charge is 2.19. The number of imide groups is 1. The molecule has 0 bridgehead atoms. The number of hydrogen-bond acceptors (Lipinski definition) is 5.